The van der Waals surface area contributed by atoms with E-state index in [1.165, 1.54) is 19.3 Å². The van der Waals surface area contributed by atoms with Crippen LogP contribution in [-0.4, -0.2) is 47.8 Å². The van der Waals surface area contributed by atoms with E-state index in [2.05, 4.69) is 10.1 Å². The van der Waals surface area contributed by atoms with Crippen molar-refractivity contribution < 1.29 is 18.8 Å². The number of aryl methyl sites for hydroxylation is 1. The number of amides is 1. The van der Waals surface area contributed by atoms with Crippen molar-refractivity contribution in [2.45, 2.75) is 57.9 Å². The molecule has 1 aromatic heterocycles. The predicted octanol–water partition coefficient (Wildman–Crippen LogP) is 3.87. The monoisotopic (exact) mass is 387 g/mol. The Balaban J connectivity index is 1.62. The maximum absolute atomic E-state index is 12.7. The van der Waals surface area contributed by atoms with Crippen LogP contribution in [0.1, 0.15) is 51.3 Å². The molecule has 0 N–H and O–H groups in total. The summed E-state index contributed by atoms with van der Waals surface area (Å²) < 4.78 is 15.9. The van der Waals surface area contributed by atoms with Crippen molar-refractivity contribution in [2.24, 2.45) is 0 Å². The van der Waals surface area contributed by atoms with Gasteiger partial charge in [0.1, 0.15) is 0 Å². The minimum absolute atomic E-state index is 0.167. The number of hydrogen-bond donors (Lipinski definition) is 0. The van der Waals surface area contributed by atoms with Crippen LogP contribution in [0.15, 0.2) is 22.7 Å². The molecule has 2 aromatic rings. The second kappa shape index (κ2) is 9.57. The van der Waals surface area contributed by atoms with Crippen molar-refractivity contribution in [2.75, 3.05) is 20.8 Å². The molecule has 7 nitrogen and oxygen atoms in total. The van der Waals surface area contributed by atoms with Crippen molar-refractivity contribution >= 4 is 5.91 Å². The summed E-state index contributed by atoms with van der Waals surface area (Å²) in [4.78, 5) is 19.1. The second-order valence-electron chi connectivity index (χ2n) is 7.05. The number of ether oxygens (including phenoxy) is 2. The van der Waals surface area contributed by atoms with Gasteiger partial charge in [0.25, 0.3) is 0 Å². The number of nitrogens with zero attached hydrogens (tertiary/aromatic N) is 3. The minimum atomic E-state index is 0.167. The van der Waals surface area contributed by atoms with E-state index in [0.717, 1.165) is 24.9 Å². The lowest BCUT2D eigenvalue weighted by atomic mass is 9.94. The van der Waals surface area contributed by atoms with Crippen LogP contribution in [-0.2, 0) is 11.2 Å². The Hall–Kier alpha value is -2.57. The average molecular weight is 387 g/mol. The van der Waals surface area contributed by atoms with Gasteiger partial charge in [0.15, 0.2) is 11.5 Å². The average Bonchev–Trinajstić information content (AvgIpc) is 3.22. The van der Waals surface area contributed by atoms with Crippen LogP contribution in [0, 0.1) is 0 Å². The third-order valence-electron chi connectivity index (χ3n) is 5.34. The molecule has 0 bridgehead atoms. The maximum Gasteiger partial charge on any atom is 0.227 e. The highest BCUT2D eigenvalue weighted by atomic mass is 16.5. The molecule has 0 spiro atoms. The van der Waals surface area contributed by atoms with Gasteiger partial charge in [-0.25, -0.2) is 0 Å². The number of benzene rings is 1. The fourth-order valence-corrected chi connectivity index (χ4v) is 3.84. The van der Waals surface area contributed by atoms with Gasteiger partial charge in [-0.2, -0.15) is 4.98 Å². The smallest absolute Gasteiger partial charge is 0.227 e. The number of aromatic nitrogens is 2. The van der Waals surface area contributed by atoms with Gasteiger partial charge in [-0.1, -0.05) is 24.4 Å². The highest BCUT2D eigenvalue weighted by Gasteiger charge is 2.24. The third-order valence-corrected chi connectivity index (χ3v) is 5.34. The van der Waals surface area contributed by atoms with E-state index in [-0.39, 0.29) is 5.91 Å². The van der Waals surface area contributed by atoms with Crippen LogP contribution in [0.25, 0.3) is 11.4 Å². The topological polar surface area (TPSA) is 77.7 Å². The molecule has 1 aromatic carbocycles. The van der Waals surface area contributed by atoms with E-state index in [1.807, 2.05) is 17.9 Å². The lowest BCUT2D eigenvalue weighted by molar-refractivity contribution is -0.134. The van der Waals surface area contributed by atoms with Gasteiger partial charge in [0.2, 0.25) is 17.6 Å². The lowest BCUT2D eigenvalue weighted by Gasteiger charge is -2.33. The van der Waals surface area contributed by atoms with Crippen molar-refractivity contribution in [3.05, 3.63) is 24.1 Å². The van der Waals surface area contributed by atoms with Gasteiger partial charge in [-0.05, 0) is 38.0 Å². The van der Waals surface area contributed by atoms with E-state index < -0.39 is 0 Å². The number of carbonyl (C=O) groups is 1. The second-order valence-corrected chi connectivity index (χ2v) is 7.05. The summed E-state index contributed by atoms with van der Waals surface area (Å²) in [7, 11) is 3.18. The Morgan fingerprint density at radius 3 is 2.61 bits per heavy atom. The number of rotatable bonds is 8. The van der Waals surface area contributed by atoms with Crippen molar-refractivity contribution in [1.82, 2.24) is 15.0 Å². The molecule has 0 atom stereocenters. The Morgan fingerprint density at radius 1 is 1.18 bits per heavy atom. The first-order valence-electron chi connectivity index (χ1n) is 10.0. The molecule has 1 aliphatic carbocycles. The van der Waals surface area contributed by atoms with Gasteiger partial charge in [0.05, 0.1) is 14.2 Å². The standard InChI is InChI=1S/C21H29N3O4/c1-4-24(16-8-6-5-7-9-16)20(25)13-12-19-22-21(23-28-19)15-10-11-17(26-2)18(14-15)27-3/h10-11,14,16H,4-9,12-13H2,1-3H3. The quantitative estimate of drug-likeness (QED) is 0.684. The van der Waals surface area contributed by atoms with E-state index >= 15 is 0 Å². The van der Waals surface area contributed by atoms with Crippen LogP contribution in [0.4, 0.5) is 0 Å². The maximum atomic E-state index is 12.7. The number of methoxy groups -OCH3 is 2. The zero-order valence-electron chi connectivity index (χ0n) is 16.9. The summed E-state index contributed by atoms with van der Waals surface area (Å²) in [5.74, 6) is 2.36. The molecule has 152 valence electrons. The molecule has 0 unspecified atom stereocenters. The molecule has 0 saturated heterocycles. The molecule has 1 saturated carbocycles. The SMILES string of the molecule is CCN(C(=O)CCc1nc(-c2ccc(OC)c(OC)c2)no1)C1CCCCC1. The molecule has 0 radical (unpaired) electrons. The highest BCUT2D eigenvalue weighted by molar-refractivity contribution is 5.76. The largest absolute Gasteiger partial charge is 0.493 e. The van der Waals surface area contributed by atoms with Crippen LogP contribution in [0.3, 0.4) is 0 Å². The Morgan fingerprint density at radius 2 is 1.93 bits per heavy atom. The zero-order chi connectivity index (χ0) is 19.9. The Kier molecular flexibility index (Phi) is 6.90. The molecule has 1 amide bonds. The summed E-state index contributed by atoms with van der Waals surface area (Å²) in [6.07, 6.45) is 6.77. The highest BCUT2D eigenvalue weighted by Crippen LogP contribution is 2.31. The van der Waals surface area contributed by atoms with E-state index in [0.29, 0.717) is 42.1 Å². The summed E-state index contributed by atoms with van der Waals surface area (Å²) in [6.45, 7) is 2.80. The van der Waals surface area contributed by atoms with Crippen LogP contribution < -0.4 is 9.47 Å². The molecule has 28 heavy (non-hydrogen) atoms. The molecular weight excluding hydrogens is 358 g/mol. The minimum Gasteiger partial charge on any atom is -0.493 e. The van der Waals surface area contributed by atoms with Gasteiger partial charge >= 0.3 is 0 Å². The van der Waals surface area contributed by atoms with Crippen LogP contribution in [0.5, 0.6) is 11.5 Å². The molecule has 1 heterocycles. The van der Waals surface area contributed by atoms with Crippen molar-refractivity contribution in [3.8, 4) is 22.9 Å². The van der Waals surface area contributed by atoms with Crippen LogP contribution >= 0.6 is 0 Å². The van der Waals surface area contributed by atoms with Gasteiger partial charge < -0.3 is 18.9 Å². The summed E-state index contributed by atoms with van der Waals surface area (Å²) in [5, 5.41) is 4.04. The molecule has 3 rings (SSSR count). The first kappa shape index (κ1) is 20.2. The molecule has 0 aliphatic heterocycles. The summed E-state index contributed by atoms with van der Waals surface area (Å²) in [6, 6.07) is 5.84. The van der Waals surface area contributed by atoms with Crippen molar-refractivity contribution in [3.63, 3.8) is 0 Å². The molecular formula is C21H29N3O4. The van der Waals surface area contributed by atoms with Gasteiger partial charge in [-0.3, -0.25) is 4.79 Å². The third kappa shape index (κ3) is 4.64. The molecule has 1 fully saturated rings. The zero-order valence-corrected chi connectivity index (χ0v) is 16.9. The van der Waals surface area contributed by atoms with Crippen LogP contribution in [0.2, 0.25) is 0 Å². The summed E-state index contributed by atoms with van der Waals surface area (Å²) in [5.41, 5.74) is 0.774. The summed E-state index contributed by atoms with van der Waals surface area (Å²) >= 11 is 0. The number of carbonyl (C=O) groups excluding carboxylic acids is 1. The van der Waals surface area contributed by atoms with Crippen molar-refractivity contribution in [1.29, 1.82) is 0 Å². The fourth-order valence-electron chi connectivity index (χ4n) is 3.84. The normalized spacial score (nSPS) is 14.7. The fraction of sp³-hybridized carbons (Fsp3) is 0.571. The Labute approximate surface area is 166 Å². The van der Waals surface area contributed by atoms with Gasteiger partial charge in [-0.15, -0.1) is 0 Å². The number of hydrogen-bond acceptors (Lipinski definition) is 6. The lowest BCUT2D eigenvalue weighted by Crippen LogP contribution is -2.41. The first-order valence-corrected chi connectivity index (χ1v) is 10.0. The molecule has 7 heteroatoms. The van der Waals surface area contributed by atoms with Gasteiger partial charge in [0, 0.05) is 31.0 Å². The van der Waals surface area contributed by atoms with E-state index in [4.69, 9.17) is 14.0 Å². The molecule has 1 aliphatic rings. The predicted molar refractivity (Wildman–Crippen MR) is 105 cm³/mol. The Bertz CT molecular complexity index is 784. The van der Waals surface area contributed by atoms with E-state index in [1.54, 1.807) is 26.4 Å². The van der Waals surface area contributed by atoms with E-state index in [9.17, 15) is 4.79 Å². The first-order chi connectivity index (χ1) is 13.7.